The average Bonchev–Trinajstić information content (AvgIpc) is 3.04. The molecule has 0 amide bonds. The Balaban J connectivity index is 1.56. The van der Waals surface area contributed by atoms with Gasteiger partial charge in [-0.25, -0.2) is 9.18 Å². The lowest BCUT2D eigenvalue weighted by molar-refractivity contribution is -0.384. The maximum absolute atomic E-state index is 13.8. The number of carbonyl (C=O) groups is 2. The van der Waals surface area contributed by atoms with Gasteiger partial charge < -0.3 is 9.47 Å². The number of non-ortho nitro benzene ring substituents is 1. The molecule has 8 heteroatoms. The topological polar surface area (TPSA) is 95.7 Å². The van der Waals surface area contributed by atoms with E-state index in [1.54, 1.807) is 6.07 Å². The second kappa shape index (κ2) is 7.59. The number of ether oxygens (including phenoxy) is 2. The largest absolute Gasteiger partial charge is 0.452 e. The van der Waals surface area contributed by atoms with Gasteiger partial charge in [0.15, 0.2) is 5.76 Å². The van der Waals surface area contributed by atoms with Crippen LogP contribution in [0.15, 0.2) is 72.5 Å². The molecule has 0 N–H and O–H groups in total. The molecule has 0 radical (unpaired) electrons. The van der Waals surface area contributed by atoms with E-state index in [9.17, 15) is 24.1 Å². The number of halogens is 1. The fourth-order valence-corrected chi connectivity index (χ4v) is 2.88. The summed E-state index contributed by atoms with van der Waals surface area (Å²) in [6, 6.07) is 15.2. The van der Waals surface area contributed by atoms with E-state index in [4.69, 9.17) is 9.47 Å². The highest BCUT2D eigenvalue weighted by Crippen LogP contribution is 2.35. The summed E-state index contributed by atoms with van der Waals surface area (Å²) >= 11 is 0. The molecule has 3 aromatic carbocycles. The summed E-state index contributed by atoms with van der Waals surface area (Å²) < 4.78 is 24.6. The third-order valence-electron chi connectivity index (χ3n) is 4.34. The van der Waals surface area contributed by atoms with Crippen molar-refractivity contribution in [2.24, 2.45) is 0 Å². The van der Waals surface area contributed by atoms with Gasteiger partial charge in [0.1, 0.15) is 17.3 Å². The lowest BCUT2D eigenvalue weighted by Crippen LogP contribution is -2.08. The molecule has 3 aromatic rings. The van der Waals surface area contributed by atoms with Gasteiger partial charge >= 0.3 is 5.97 Å². The summed E-state index contributed by atoms with van der Waals surface area (Å²) in [4.78, 5) is 35.0. The maximum Gasteiger partial charge on any atom is 0.343 e. The van der Waals surface area contributed by atoms with Crippen LogP contribution in [0.2, 0.25) is 0 Å². The van der Waals surface area contributed by atoms with Gasteiger partial charge in [0.2, 0.25) is 5.78 Å². The highest BCUT2D eigenvalue weighted by Gasteiger charge is 2.28. The fraction of sp³-hybridized carbons (Fsp3) is 0. The number of nitro benzene ring substituents is 1. The first-order chi connectivity index (χ1) is 14.4. The molecular formula is C22H12FNO6. The third kappa shape index (κ3) is 3.66. The summed E-state index contributed by atoms with van der Waals surface area (Å²) in [5.41, 5.74) is 0.204. The first-order valence-corrected chi connectivity index (χ1v) is 8.72. The molecule has 0 saturated carbocycles. The van der Waals surface area contributed by atoms with Gasteiger partial charge in [0.25, 0.3) is 5.69 Å². The molecule has 0 atom stereocenters. The van der Waals surface area contributed by atoms with Crippen molar-refractivity contribution in [3.05, 3.63) is 105 Å². The van der Waals surface area contributed by atoms with Gasteiger partial charge in [-0.2, -0.15) is 0 Å². The minimum absolute atomic E-state index is 0.00170. The van der Waals surface area contributed by atoms with Crippen molar-refractivity contribution in [2.45, 2.75) is 0 Å². The zero-order valence-corrected chi connectivity index (χ0v) is 15.2. The smallest absolute Gasteiger partial charge is 0.343 e. The Bertz CT molecular complexity index is 1230. The van der Waals surface area contributed by atoms with E-state index in [1.165, 1.54) is 60.7 Å². The van der Waals surface area contributed by atoms with E-state index in [2.05, 4.69) is 0 Å². The van der Waals surface area contributed by atoms with Crippen molar-refractivity contribution in [3.8, 4) is 11.5 Å². The van der Waals surface area contributed by atoms with Gasteiger partial charge in [-0.05, 0) is 30.3 Å². The summed E-state index contributed by atoms with van der Waals surface area (Å²) in [7, 11) is 0. The first kappa shape index (κ1) is 19.0. The van der Waals surface area contributed by atoms with Gasteiger partial charge in [-0.3, -0.25) is 14.9 Å². The number of Topliss-reactive ketones (excluding diaryl/α,β-unsaturated/α-hetero) is 1. The van der Waals surface area contributed by atoms with E-state index in [-0.39, 0.29) is 39.6 Å². The van der Waals surface area contributed by atoms with E-state index >= 15 is 0 Å². The van der Waals surface area contributed by atoms with Crippen LogP contribution < -0.4 is 9.47 Å². The number of nitrogens with zero attached hydrogens (tertiary/aromatic N) is 1. The molecule has 0 bridgehead atoms. The molecule has 0 aliphatic carbocycles. The van der Waals surface area contributed by atoms with Crippen molar-refractivity contribution < 1.29 is 28.4 Å². The lowest BCUT2D eigenvalue weighted by atomic mass is 10.1. The Morgan fingerprint density at radius 3 is 2.63 bits per heavy atom. The first-order valence-electron chi connectivity index (χ1n) is 8.72. The van der Waals surface area contributed by atoms with E-state index in [0.29, 0.717) is 0 Å². The van der Waals surface area contributed by atoms with Crippen molar-refractivity contribution >= 4 is 23.5 Å². The number of ketones is 1. The summed E-state index contributed by atoms with van der Waals surface area (Å²) in [6.45, 7) is 0. The quantitative estimate of drug-likeness (QED) is 0.207. The van der Waals surface area contributed by atoms with Gasteiger partial charge in [0, 0.05) is 23.8 Å². The van der Waals surface area contributed by atoms with Crippen LogP contribution in [0.3, 0.4) is 0 Å². The van der Waals surface area contributed by atoms with E-state index in [0.717, 1.165) is 6.07 Å². The number of esters is 1. The van der Waals surface area contributed by atoms with Crippen molar-refractivity contribution in [3.63, 3.8) is 0 Å². The minimum atomic E-state index is -0.801. The Morgan fingerprint density at radius 1 is 1.07 bits per heavy atom. The number of hydrogen-bond acceptors (Lipinski definition) is 6. The van der Waals surface area contributed by atoms with Crippen LogP contribution in [0.1, 0.15) is 26.3 Å². The molecule has 4 rings (SSSR count). The number of fused-ring (bicyclic) bond motifs is 1. The van der Waals surface area contributed by atoms with Gasteiger partial charge in [0.05, 0.1) is 16.1 Å². The summed E-state index contributed by atoms with van der Waals surface area (Å²) in [5, 5.41) is 10.9. The Kier molecular flexibility index (Phi) is 4.81. The van der Waals surface area contributed by atoms with Gasteiger partial charge in [-0.1, -0.05) is 24.3 Å². The standard InChI is InChI=1S/C22H12FNO6/c23-18-7-2-1-4-13(18)11-20-21(25)17-9-8-16(12-19(17)30-20)29-22(26)14-5-3-6-15(10-14)24(27)28/h1-12H. The number of allylic oxidation sites excluding steroid dienone is 1. The lowest BCUT2D eigenvalue weighted by Gasteiger charge is -2.05. The van der Waals surface area contributed by atoms with Crippen molar-refractivity contribution in [1.82, 2.24) is 0 Å². The normalized spacial score (nSPS) is 13.6. The molecular weight excluding hydrogens is 393 g/mol. The molecule has 0 unspecified atom stereocenters. The van der Waals surface area contributed by atoms with Crippen LogP contribution >= 0.6 is 0 Å². The maximum atomic E-state index is 13.8. The van der Waals surface area contributed by atoms with Crippen LogP contribution in [-0.2, 0) is 0 Å². The molecule has 0 spiro atoms. The second-order valence-corrected chi connectivity index (χ2v) is 6.32. The van der Waals surface area contributed by atoms with E-state index in [1.807, 2.05) is 0 Å². The highest BCUT2D eigenvalue weighted by atomic mass is 19.1. The molecule has 148 valence electrons. The van der Waals surface area contributed by atoms with Crippen LogP contribution in [0.4, 0.5) is 10.1 Å². The predicted octanol–water partition coefficient (Wildman–Crippen LogP) is 4.57. The number of carbonyl (C=O) groups excluding carboxylic acids is 2. The molecule has 30 heavy (non-hydrogen) atoms. The number of benzene rings is 3. The molecule has 1 aliphatic heterocycles. The fourth-order valence-electron chi connectivity index (χ4n) is 2.88. The Morgan fingerprint density at radius 2 is 1.87 bits per heavy atom. The second-order valence-electron chi connectivity index (χ2n) is 6.32. The molecule has 1 aliphatic rings. The zero-order chi connectivity index (χ0) is 21.3. The van der Waals surface area contributed by atoms with Crippen molar-refractivity contribution in [2.75, 3.05) is 0 Å². The molecule has 1 heterocycles. The van der Waals surface area contributed by atoms with Crippen molar-refractivity contribution in [1.29, 1.82) is 0 Å². The Hall–Kier alpha value is -4.33. The van der Waals surface area contributed by atoms with Crippen LogP contribution in [0, 0.1) is 15.9 Å². The highest BCUT2D eigenvalue weighted by molar-refractivity contribution is 6.14. The van der Waals surface area contributed by atoms with Crippen LogP contribution in [0.5, 0.6) is 11.5 Å². The molecule has 0 fully saturated rings. The number of hydrogen-bond donors (Lipinski definition) is 0. The zero-order valence-electron chi connectivity index (χ0n) is 15.2. The van der Waals surface area contributed by atoms with Crippen LogP contribution in [-0.4, -0.2) is 16.7 Å². The van der Waals surface area contributed by atoms with Gasteiger partial charge in [-0.15, -0.1) is 0 Å². The number of nitro groups is 1. The predicted molar refractivity (Wildman–Crippen MR) is 104 cm³/mol. The summed E-state index contributed by atoms with van der Waals surface area (Å²) in [6.07, 6.45) is 1.30. The monoisotopic (exact) mass is 405 g/mol. The summed E-state index contributed by atoms with van der Waals surface area (Å²) in [5.74, 6) is -1.53. The van der Waals surface area contributed by atoms with Crippen LogP contribution in [0.25, 0.3) is 6.08 Å². The molecule has 7 nitrogen and oxygen atoms in total. The SMILES string of the molecule is O=C(Oc1ccc2c(c1)OC(=Cc1ccccc1F)C2=O)c1cccc([N+](=O)[O-])c1. The minimum Gasteiger partial charge on any atom is -0.452 e. The third-order valence-corrected chi connectivity index (χ3v) is 4.34. The Labute approximate surface area is 169 Å². The molecule has 0 aromatic heterocycles. The van der Waals surface area contributed by atoms with E-state index < -0.39 is 22.5 Å². The average molecular weight is 405 g/mol. The molecule has 0 saturated heterocycles. The number of rotatable bonds is 4.